The molecule has 0 saturated carbocycles. The van der Waals surface area contributed by atoms with Crippen molar-refractivity contribution in [3.05, 3.63) is 83.6 Å². The lowest BCUT2D eigenvalue weighted by Crippen LogP contribution is -2.48. The molecule has 0 radical (unpaired) electrons. The van der Waals surface area contributed by atoms with Crippen LogP contribution in [0.2, 0.25) is 0 Å². The van der Waals surface area contributed by atoms with Crippen LogP contribution in [-0.4, -0.2) is 39.7 Å². The molecule has 2 aromatic carbocycles. The van der Waals surface area contributed by atoms with Crippen molar-refractivity contribution in [3.63, 3.8) is 0 Å². The fourth-order valence-corrected chi connectivity index (χ4v) is 2.95. The quantitative estimate of drug-likeness (QED) is 0.133. The van der Waals surface area contributed by atoms with E-state index in [2.05, 4.69) is 5.32 Å². The lowest BCUT2D eigenvalue weighted by atomic mass is 10.1. The summed E-state index contributed by atoms with van der Waals surface area (Å²) in [7, 11) is 0. The van der Waals surface area contributed by atoms with Crippen LogP contribution in [-0.2, 0) is 14.3 Å². The van der Waals surface area contributed by atoms with Crippen molar-refractivity contribution in [2.24, 2.45) is 5.92 Å². The van der Waals surface area contributed by atoms with Crippen molar-refractivity contribution in [2.75, 3.05) is 0 Å². The zero-order chi connectivity index (χ0) is 27.6. The standard InChI is InChI=1S/C29H33NO7/c1-19(2)26(30-28(35)37-29(3,4)5)27(34)36-25-16-10-21(11-17-25)9-15-24(33)18-23(32)14-8-20-6-12-22(31)13-7-20/h6-19,26,31,33H,1-5H3,(H,30,35)/t26-/m0/s1. The number of hydrogen-bond donors (Lipinski definition) is 3. The highest BCUT2D eigenvalue weighted by atomic mass is 16.6. The molecule has 0 bridgehead atoms. The van der Waals surface area contributed by atoms with Gasteiger partial charge in [-0.25, -0.2) is 9.59 Å². The molecule has 0 aliphatic rings. The highest BCUT2D eigenvalue weighted by molar-refractivity contribution is 6.02. The summed E-state index contributed by atoms with van der Waals surface area (Å²) in [4.78, 5) is 36.7. The molecule has 196 valence electrons. The number of alkyl carbamates (subject to hydrolysis) is 1. The molecule has 8 heteroatoms. The zero-order valence-electron chi connectivity index (χ0n) is 21.6. The van der Waals surface area contributed by atoms with Crippen LogP contribution in [0.15, 0.2) is 72.5 Å². The van der Waals surface area contributed by atoms with Crippen LogP contribution in [0.3, 0.4) is 0 Å². The SMILES string of the molecule is CC(C)[C@H](NC(=O)OC(C)(C)C)C(=O)Oc1ccc(C=CC(O)=CC(=O)C=Cc2ccc(O)cc2)cc1. The van der Waals surface area contributed by atoms with Crippen LogP contribution in [0.5, 0.6) is 11.5 Å². The average molecular weight is 508 g/mol. The van der Waals surface area contributed by atoms with Gasteiger partial charge < -0.3 is 25.0 Å². The van der Waals surface area contributed by atoms with Gasteiger partial charge in [-0.1, -0.05) is 50.3 Å². The third kappa shape index (κ3) is 10.9. The number of ketones is 1. The second kappa shape index (κ2) is 13.1. The van der Waals surface area contributed by atoms with E-state index < -0.39 is 29.5 Å². The van der Waals surface area contributed by atoms with Crippen LogP contribution in [0.4, 0.5) is 4.79 Å². The van der Waals surface area contributed by atoms with Gasteiger partial charge in [-0.05, 0) is 74.2 Å². The Hall–Kier alpha value is -4.33. The maximum atomic E-state index is 12.6. The van der Waals surface area contributed by atoms with Gasteiger partial charge in [0.2, 0.25) is 0 Å². The number of amides is 1. The van der Waals surface area contributed by atoms with Crippen molar-refractivity contribution in [2.45, 2.75) is 46.3 Å². The summed E-state index contributed by atoms with van der Waals surface area (Å²) < 4.78 is 10.6. The predicted octanol–water partition coefficient (Wildman–Crippen LogP) is 5.58. The van der Waals surface area contributed by atoms with Gasteiger partial charge in [-0.3, -0.25) is 4.79 Å². The van der Waals surface area contributed by atoms with Crippen molar-refractivity contribution < 1.29 is 34.1 Å². The molecule has 0 spiro atoms. The van der Waals surface area contributed by atoms with E-state index in [0.717, 1.165) is 11.6 Å². The number of aliphatic hydroxyl groups excluding tert-OH is 1. The third-order valence-electron chi connectivity index (χ3n) is 4.76. The number of carbonyl (C=O) groups is 3. The molecular formula is C29H33NO7. The van der Waals surface area contributed by atoms with Gasteiger partial charge >= 0.3 is 12.1 Å². The number of allylic oxidation sites excluding steroid dienone is 3. The molecule has 37 heavy (non-hydrogen) atoms. The van der Waals surface area contributed by atoms with E-state index >= 15 is 0 Å². The van der Waals surface area contributed by atoms with Crippen molar-refractivity contribution >= 4 is 30.0 Å². The van der Waals surface area contributed by atoms with Crippen LogP contribution >= 0.6 is 0 Å². The van der Waals surface area contributed by atoms with Crippen LogP contribution in [0.25, 0.3) is 12.2 Å². The Morgan fingerprint density at radius 3 is 1.97 bits per heavy atom. The summed E-state index contributed by atoms with van der Waals surface area (Å²) in [5.41, 5.74) is 0.732. The summed E-state index contributed by atoms with van der Waals surface area (Å²) in [6.07, 6.45) is 6.21. The summed E-state index contributed by atoms with van der Waals surface area (Å²) in [5, 5.41) is 21.8. The van der Waals surface area contributed by atoms with Gasteiger partial charge in [0.15, 0.2) is 5.78 Å². The molecule has 3 N–H and O–H groups in total. The minimum atomic E-state index is -0.892. The number of hydrogen-bond acceptors (Lipinski definition) is 7. The highest BCUT2D eigenvalue weighted by Crippen LogP contribution is 2.17. The van der Waals surface area contributed by atoms with Crippen molar-refractivity contribution in [3.8, 4) is 11.5 Å². The van der Waals surface area contributed by atoms with Gasteiger partial charge in [0.1, 0.15) is 28.9 Å². The second-order valence-electron chi connectivity index (χ2n) is 9.59. The smallest absolute Gasteiger partial charge is 0.408 e. The topological polar surface area (TPSA) is 122 Å². The van der Waals surface area contributed by atoms with Gasteiger partial charge in [-0.2, -0.15) is 0 Å². The first-order chi connectivity index (χ1) is 17.3. The number of benzene rings is 2. The number of ether oxygens (including phenoxy) is 2. The summed E-state index contributed by atoms with van der Waals surface area (Å²) in [6.45, 7) is 8.76. The largest absolute Gasteiger partial charge is 0.508 e. The normalized spacial score (nSPS) is 13.1. The number of phenolic OH excluding ortho intramolecular Hbond substituents is 1. The first-order valence-corrected chi connectivity index (χ1v) is 11.7. The Kier molecular flexibility index (Phi) is 10.2. The Morgan fingerprint density at radius 1 is 0.892 bits per heavy atom. The van der Waals surface area contributed by atoms with Crippen LogP contribution in [0.1, 0.15) is 45.7 Å². The van der Waals surface area contributed by atoms with Crippen molar-refractivity contribution in [1.29, 1.82) is 0 Å². The zero-order valence-corrected chi connectivity index (χ0v) is 21.6. The summed E-state index contributed by atoms with van der Waals surface area (Å²) in [5.74, 6) is -1.07. The van der Waals surface area contributed by atoms with Gasteiger partial charge in [0.25, 0.3) is 0 Å². The Balaban J connectivity index is 1.95. The molecule has 0 aliphatic carbocycles. The average Bonchev–Trinajstić information content (AvgIpc) is 2.80. The van der Waals surface area contributed by atoms with E-state index in [1.807, 2.05) is 0 Å². The first kappa shape index (κ1) is 28.9. The maximum Gasteiger partial charge on any atom is 0.408 e. The van der Waals surface area contributed by atoms with Crippen LogP contribution in [0, 0.1) is 5.92 Å². The van der Waals surface area contributed by atoms with Crippen molar-refractivity contribution in [1.82, 2.24) is 5.32 Å². The van der Waals surface area contributed by atoms with E-state index in [1.165, 1.54) is 24.3 Å². The van der Waals surface area contributed by atoms with Crippen LogP contribution < -0.4 is 10.1 Å². The molecular weight excluding hydrogens is 474 g/mol. The number of aromatic hydroxyl groups is 1. The lowest BCUT2D eigenvalue weighted by molar-refractivity contribution is -0.137. The maximum absolute atomic E-state index is 12.6. The van der Waals surface area contributed by atoms with Gasteiger partial charge in [0, 0.05) is 6.08 Å². The molecule has 0 unspecified atom stereocenters. The van der Waals surface area contributed by atoms with Gasteiger partial charge in [-0.15, -0.1) is 0 Å². The fourth-order valence-electron chi connectivity index (χ4n) is 2.95. The molecule has 2 rings (SSSR count). The number of phenols is 1. The Morgan fingerprint density at radius 2 is 1.43 bits per heavy atom. The second-order valence-corrected chi connectivity index (χ2v) is 9.59. The molecule has 0 saturated heterocycles. The fraction of sp³-hybridized carbons (Fsp3) is 0.276. The molecule has 0 fully saturated rings. The molecule has 1 atom stereocenters. The number of nitrogens with one attached hydrogen (secondary N) is 1. The predicted molar refractivity (Wildman–Crippen MR) is 142 cm³/mol. The minimum absolute atomic E-state index is 0.132. The Bertz CT molecular complexity index is 1170. The molecule has 0 aromatic heterocycles. The molecule has 0 aliphatic heterocycles. The molecule has 0 heterocycles. The highest BCUT2D eigenvalue weighted by Gasteiger charge is 2.28. The molecule has 1 amide bonds. The number of esters is 1. The van der Waals surface area contributed by atoms with E-state index in [1.54, 1.807) is 83.2 Å². The van der Waals surface area contributed by atoms with E-state index in [-0.39, 0.29) is 23.2 Å². The molecule has 2 aromatic rings. The van der Waals surface area contributed by atoms with E-state index in [0.29, 0.717) is 5.56 Å². The minimum Gasteiger partial charge on any atom is -0.508 e. The van der Waals surface area contributed by atoms with E-state index in [4.69, 9.17) is 9.47 Å². The van der Waals surface area contributed by atoms with E-state index in [9.17, 15) is 24.6 Å². The summed E-state index contributed by atoms with van der Waals surface area (Å²) >= 11 is 0. The number of aliphatic hydroxyl groups is 1. The number of rotatable bonds is 9. The third-order valence-corrected chi connectivity index (χ3v) is 4.76. The monoisotopic (exact) mass is 507 g/mol. The Labute approximate surface area is 216 Å². The molecule has 8 nitrogen and oxygen atoms in total. The van der Waals surface area contributed by atoms with Gasteiger partial charge in [0.05, 0.1) is 0 Å². The lowest BCUT2D eigenvalue weighted by Gasteiger charge is -2.24. The summed E-state index contributed by atoms with van der Waals surface area (Å²) in [6, 6.07) is 11.9. The number of carbonyl (C=O) groups excluding carboxylic acids is 3. The first-order valence-electron chi connectivity index (χ1n) is 11.7.